The van der Waals surface area contributed by atoms with Crippen LogP contribution in [0, 0.1) is 10.1 Å². The van der Waals surface area contributed by atoms with E-state index in [2.05, 4.69) is 26.5 Å². The molecule has 0 atom stereocenters. The number of benzene rings is 1. The van der Waals surface area contributed by atoms with E-state index in [1.165, 1.54) is 24.4 Å². The van der Waals surface area contributed by atoms with Crippen molar-refractivity contribution in [3.8, 4) is 5.75 Å². The minimum absolute atomic E-state index is 0.0154. The molecule has 0 spiro atoms. The molecule has 9 heteroatoms. The van der Waals surface area contributed by atoms with E-state index in [4.69, 9.17) is 9.15 Å². The maximum absolute atomic E-state index is 11.5. The van der Waals surface area contributed by atoms with E-state index in [0.717, 1.165) is 0 Å². The second kappa shape index (κ2) is 7.36. The lowest BCUT2D eigenvalue weighted by atomic mass is 10.3. The largest absolute Gasteiger partial charge is 0.477 e. The SMILES string of the molecule is O=C(COc1ccccc1[N+](=O)[O-])N/N=C\c1ccc(Br)o1. The summed E-state index contributed by atoms with van der Waals surface area (Å²) in [5.41, 5.74) is 2.01. The van der Waals surface area contributed by atoms with Crippen molar-refractivity contribution in [3.05, 3.63) is 56.9 Å². The van der Waals surface area contributed by atoms with Crippen molar-refractivity contribution >= 4 is 33.7 Å². The number of ether oxygens (including phenoxy) is 1. The monoisotopic (exact) mass is 367 g/mol. The molecule has 2 aromatic rings. The molecule has 0 aliphatic heterocycles. The van der Waals surface area contributed by atoms with Crippen LogP contribution in [0.15, 0.2) is 50.6 Å². The summed E-state index contributed by atoms with van der Waals surface area (Å²) in [7, 11) is 0. The van der Waals surface area contributed by atoms with Gasteiger partial charge in [0.2, 0.25) is 0 Å². The Balaban J connectivity index is 1.85. The number of nitrogens with one attached hydrogen (secondary N) is 1. The number of amides is 1. The van der Waals surface area contributed by atoms with E-state index in [1.807, 2.05) is 0 Å². The van der Waals surface area contributed by atoms with Crippen LogP contribution in [0.25, 0.3) is 0 Å². The molecular formula is C13H10BrN3O5. The highest BCUT2D eigenvalue weighted by molar-refractivity contribution is 9.10. The zero-order valence-electron chi connectivity index (χ0n) is 11.1. The van der Waals surface area contributed by atoms with Gasteiger partial charge < -0.3 is 9.15 Å². The fourth-order valence-electron chi connectivity index (χ4n) is 1.47. The van der Waals surface area contributed by atoms with Crippen LogP contribution in [0.3, 0.4) is 0 Å². The number of hydrazone groups is 1. The number of para-hydroxylation sites is 2. The van der Waals surface area contributed by atoms with Gasteiger partial charge in [-0.1, -0.05) is 12.1 Å². The number of nitro benzene ring substituents is 1. The van der Waals surface area contributed by atoms with Crippen molar-refractivity contribution in [1.29, 1.82) is 0 Å². The first kappa shape index (κ1) is 15.7. The second-order valence-corrected chi connectivity index (χ2v) is 4.73. The Morgan fingerprint density at radius 3 is 2.86 bits per heavy atom. The van der Waals surface area contributed by atoms with Crippen molar-refractivity contribution in [2.45, 2.75) is 0 Å². The first-order valence-electron chi connectivity index (χ1n) is 5.99. The molecule has 0 saturated heterocycles. The van der Waals surface area contributed by atoms with Crippen LogP contribution in [-0.4, -0.2) is 23.7 Å². The Hall–Kier alpha value is -2.68. The van der Waals surface area contributed by atoms with E-state index in [9.17, 15) is 14.9 Å². The number of hydrogen-bond donors (Lipinski definition) is 1. The highest BCUT2D eigenvalue weighted by Crippen LogP contribution is 2.25. The van der Waals surface area contributed by atoms with E-state index in [0.29, 0.717) is 10.4 Å². The quantitative estimate of drug-likeness (QED) is 0.479. The van der Waals surface area contributed by atoms with Crippen LogP contribution >= 0.6 is 15.9 Å². The van der Waals surface area contributed by atoms with Crippen molar-refractivity contribution in [1.82, 2.24) is 5.43 Å². The lowest BCUT2D eigenvalue weighted by Gasteiger charge is -2.05. The molecule has 0 radical (unpaired) electrons. The number of nitrogens with zero attached hydrogens (tertiary/aromatic N) is 2. The molecule has 0 aliphatic carbocycles. The summed E-state index contributed by atoms with van der Waals surface area (Å²) in [6, 6.07) is 9.13. The molecule has 0 unspecified atom stereocenters. The summed E-state index contributed by atoms with van der Waals surface area (Å²) in [4.78, 5) is 21.7. The summed E-state index contributed by atoms with van der Waals surface area (Å²) in [5.74, 6) is -0.0894. The molecule has 1 aromatic carbocycles. The third kappa shape index (κ3) is 4.42. The van der Waals surface area contributed by atoms with Gasteiger partial charge in [0.05, 0.1) is 11.1 Å². The second-order valence-electron chi connectivity index (χ2n) is 3.95. The Kier molecular flexibility index (Phi) is 5.26. The minimum Gasteiger partial charge on any atom is -0.477 e. The van der Waals surface area contributed by atoms with Gasteiger partial charge in [-0.2, -0.15) is 5.10 Å². The molecule has 0 saturated carbocycles. The normalized spacial score (nSPS) is 10.6. The zero-order chi connectivity index (χ0) is 15.9. The van der Waals surface area contributed by atoms with Gasteiger partial charge in [-0.15, -0.1) is 0 Å². The fourth-order valence-corrected chi connectivity index (χ4v) is 1.79. The molecule has 8 nitrogen and oxygen atoms in total. The topological polar surface area (TPSA) is 107 Å². The predicted molar refractivity (Wildman–Crippen MR) is 80.7 cm³/mol. The molecule has 2 rings (SSSR count). The highest BCUT2D eigenvalue weighted by atomic mass is 79.9. The van der Waals surface area contributed by atoms with Crippen LogP contribution < -0.4 is 10.2 Å². The van der Waals surface area contributed by atoms with Crippen molar-refractivity contribution < 1.29 is 18.9 Å². The van der Waals surface area contributed by atoms with Gasteiger partial charge in [0.25, 0.3) is 5.91 Å². The zero-order valence-corrected chi connectivity index (χ0v) is 12.6. The third-order valence-corrected chi connectivity index (χ3v) is 2.82. The fraction of sp³-hybridized carbons (Fsp3) is 0.0769. The van der Waals surface area contributed by atoms with Gasteiger partial charge in [-0.3, -0.25) is 14.9 Å². The first-order chi connectivity index (χ1) is 10.6. The summed E-state index contributed by atoms with van der Waals surface area (Å²) < 4.78 is 10.8. The van der Waals surface area contributed by atoms with Gasteiger partial charge in [0, 0.05) is 6.07 Å². The average Bonchev–Trinajstić information content (AvgIpc) is 2.91. The van der Waals surface area contributed by atoms with E-state index >= 15 is 0 Å². The number of nitro groups is 1. The number of carbonyl (C=O) groups excluding carboxylic acids is 1. The van der Waals surface area contributed by atoms with Crippen LogP contribution in [0.2, 0.25) is 0 Å². The first-order valence-corrected chi connectivity index (χ1v) is 6.79. The van der Waals surface area contributed by atoms with Gasteiger partial charge >= 0.3 is 5.69 Å². The predicted octanol–water partition coefficient (Wildman–Crippen LogP) is 2.48. The Bertz CT molecular complexity index is 713. The van der Waals surface area contributed by atoms with Gasteiger partial charge in [0.15, 0.2) is 17.0 Å². The maximum atomic E-state index is 11.5. The van der Waals surface area contributed by atoms with Gasteiger partial charge in [-0.05, 0) is 34.1 Å². The summed E-state index contributed by atoms with van der Waals surface area (Å²) in [6.45, 7) is -0.399. The molecular weight excluding hydrogens is 358 g/mol. The van der Waals surface area contributed by atoms with Gasteiger partial charge in [-0.25, -0.2) is 5.43 Å². The average molecular weight is 368 g/mol. The minimum atomic E-state index is -0.583. The lowest BCUT2D eigenvalue weighted by molar-refractivity contribution is -0.385. The number of rotatable bonds is 6. The molecule has 1 amide bonds. The van der Waals surface area contributed by atoms with Crippen LogP contribution in [-0.2, 0) is 4.79 Å². The van der Waals surface area contributed by atoms with Crippen molar-refractivity contribution in [3.63, 3.8) is 0 Å². The van der Waals surface area contributed by atoms with E-state index < -0.39 is 17.4 Å². The number of furan rings is 1. The number of halogens is 1. The smallest absolute Gasteiger partial charge is 0.310 e. The summed E-state index contributed by atoms with van der Waals surface area (Å²) in [6.07, 6.45) is 1.31. The van der Waals surface area contributed by atoms with Crippen LogP contribution in [0.5, 0.6) is 5.75 Å². The lowest BCUT2D eigenvalue weighted by Crippen LogP contribution is -2.24. The molecule has 1 aromatic heterocycles. The maximum Gasteiger partial charge on any atom is 0.310 e. The van der Waals surface area contributed by atoms with Gasteiger partial charge in [0.1, 0.15) is 5.76 Å². The van der Waals surface area contributed by atoms with Crippen LogP contribution in [0.1, 0.15) is 5.76 Å². The molecule has 0 bridgehead atoms. The molecule has 114 valence electrons. The van der Waals surface area contributed by atoms with Crippen molar-refractivity contribution in [2.75, 3.05) is 6.61 Å². The van der Waals surface area contributed by atoms with Crippen LogP contribution in [0.4, 0.5) is 5.69 Å². The molecule has 0 fully saturated rings. The molecule has 0 aliphatic rings. The van der Waals surface area contributed by atoms with E-state index in [1.54, 1.807) is 18.2 Å². The highest BCUT2D eigenvalue weighted by Gasteiger charge is 2.14. The Labute approximate surface area is 133 Å². The summed E-state index contributed by atoms with van der Waals surface area (Å²) >= 11 is 3.13. The third-order valence-electron chi connectivity index (χ3n) is 2.40. The summed E-state index contributed by atoms with van der Waals surface area (Å²) in [5, 5.41) is 14.5. The number of hydrogen-bond acceptors (Lipinski definition) is 6. The molecule has 22 heavy (non-hydrogen) atoms. The Morgan fingerprint density at radius 1 is 1.41 bits per heavy atom. The standard InChI is InChI=1S/C13H10BrN3O5/c14-12-6-5-9(22-12)7-15-16-13(18)8-21-11-4-2-1-3-10(11)17(19)20/h1-7H,8H2,(H,16,18)/b15-7-. The number of carbonyl (C=O) groups is 1. The van der Waals surface area contributed by atoms with Crippen molar-refractivity contribution in [2.24, 2.45) is 5.10 Å². The van der Waals surface area contributed by atoms with E-state index in [-0.39, 0.29) is 11.4 Å². The molecule has 1 heterocycles. The Morgan fingerprint density at radius 2 is 2.18 bits per heavy atom. The molecule has 1 N–H and O–H groups in total.